The number of amides is 3. The predicted molar refractivity (Wildman–Crippen MR) is 148 cm³/mol. The van der Waals surface area contributed by atoms with Crippen LogP contribution >= 0.6 is 11.8 Å². The van der Waals surface area contributed by atoms with Crippen molar-refractivity contribution in [2.24, 2.45) is 11.8 Å². The van der Waals surface area contributed by atoms with Gasteiger partial charge in [0.1, 0.15) is 11.8 Å². The van der Waals surface area contributed by atoms with Gasteiger partial charge in [-0.15, -0.1) is 11.8 Å². The van der Waals surface area contributed by atoms with E-state index in [0.717, 1.165) is 30.7 Å². The molecule has 9 heteroatoms. The van der Waals surface area contributed by atoms with E-state index < -0.39 is 22.6 Å². The van der Waals surface area contributed by atoms with E-state index in [9.17, 15) is 19.5 Å². The van der Waals surface area contributed by atoms with E-state index in [1.165, 1.54) is 0 Å². The van der Waals surface area contributed by atoms with Crippen molar-refractivity contribution in [3.05, 3.63) is 48.6 Å². The Kier molecular flexibility index (Phi) is 7.86. The Labute approximate surface area is 228 Å². The van der Waals surface area contributed by atoms with E-state index in [1.807, 2.05) is 60.4 Å². The second-order valence-corrected chi connectivity index (χ2v) is 11.8. The van der Waals surface area contributed by atoms with Crippen LogP contribution in [0, 0.1) is 11.8 Å². The van der Waals surface area contributed by atoms with Gasteiger partial charge in [-0.2, -0.15) is 0 Å². The normalized spacial score (nSPS) is 30.3. The summed E-state index contributed by atoms with van der Waals surface area (Å²) in [6.45, 7) is 6.00. The van der Waals surface area contributed by atoms with Crippen LogP contribution < -0.4 is 9.64 Å². The van der Waals surface area contributed by atoms with Gasteiger partial charge in [0.25, 0.3) is 0 Å². The number of aliphatic hydroxyl groups excluding tert-OH is 1. The summed E-state index contributed by atoms with van der Waals surface area (Å²) in [5, 5.41) is 9.62. The molecule has 8 nitrogen and oxygen atoms in total. The van der Waals surface area contributed by atoms with Crippen molar-refractivity contribution in [1.82, 2.24) is 9.80 Å². The van der Waals surface area contributed by atoms with Gasteiger partial charge in [-0.3, -0.25) is 14.4 Å². The summed E-state index contributed by atoms with van der Waals surface area (Å²) in [6.07, 6.45) is 11.1. The molecule has 1 N–H and O–H groups in total. The molecule has 4 heterocycles. The standard InChI is InChI=1S/C29H37N3O5S/c1-3-5-6-15-30-16-8-14-29-24(27(35)32(18-19-33)25(29)28(30)36)23-22(38-29)9-7-17-31(26(23)34)20-10-12-21(13-11-20)37-4-2/h7-14,22-25,33H,3-6,15-19H2,1-2H3/t22-,23+,24+,25?,29+/m1/s1. The van der Waals surface area contributed by atoms with Gasteiger partial charge >= 0.3 is 0 Å². The van der Waals surface area contributed by atoms with Gasteiger partial charge in [0.05, 0.1) is 29.8 Å². The molecule has 1 unspecified atom stereocenters. The molecule has 5 atom stereocenters. The zero-order chi connectivity index (χ0) is 26.9. The number of aliphatic hydroxyl groups is 1. The van der Waals surface area contributed by atoms with Gasteiger partial charge in [0.2, 0.25) is 17.7 Å². The van der Waals surface area contributed by atoms with Crippen molar-refractivity contribution in [3.8, 4) is 5.75 Å². The summed E-state index contributed by atoms with van der Waals surface area (Å²) >= 11 is 1.57. The summed E-state index contributed by atoms with van der Waals surface area (Å²) in [4.78, 5) is 47.3. The predicted octanol–water partition coefficient (Wildman–Crippen LogP) is 2.87. The van der Waals surface area contributed by atoms with Crippen molar-refractivity contribution in [2.45, 2.75) is 49.1 Å². The fourth-order valence-electron chi connectivity index (χ4n) is 6.41. The zero-order valence-corrected chi connectivity index (χ0v) is 22.9. The number of anilines is 1. The zero-order valence-electron chi connectivity index (χ0n) is 22.1. The third-order valence-electron chi connectivity index (χ3n) is 8.07. The number of β-amino-alcohol motifs (C(OH)–C–C–N with tert-alkyl or cyclic N) is 1. The molecule has 4 aliphatic heterocycles. The minimum Gasteiger partial charge on any atom is -0.494 e. The van der Waals surface area contributed by atoms with Gasteiger partial charge in [-0.25, -0.2) is 0 Å². The number of fused-ring (bicyclic) bond motifs is 2. The first-order chi connectivity index (χ1) is 18.5. The molecule has 1 aromatic rings. The topological polar surface area (TPSA) is 90.4 Å². The average Bonchev–Trinajstić information content (AvgIpc) is 3.22. The maximum Gasteiger partial charge on any atom is 0.247 e. The van der Waals surface area contributed by atoms with Crippen LogP contribution in [0.2, 0.25) is 0 Å². The fourth-order valence-corrected chi connectivity index (χ4v) is 8.41. The molecule has 38 heavy (non-hydrogen) atoms. The Morgan fingerprint density at radius 2 is 1.79 bits per heavy atom. The molecular weight excluding hydrogens is 502 g/mol. The maximum atomic E-state index is 14.2. The largest absolute Gasteiger partial charge is 0.494 e. The van der Waals surface area contributed by atoms with Crippen LogP contribution in [0.1, 0.15) is 33.1 Å². The molecule has 0 radical (unpaired) electrons. The lowest BCUT2D eigenvalue weighted by Crippen LogP contribution is -2.53. The molecule has 0 bridgehead atoms. The van der Waals surface area contributed by atoms with Crippen LogP contribution in [-0.4, -0.2) is 88.1 Å². The third-order valence-corrected chi connectivity index (χ3v) is 9.82. The molecule has 204 valence electrons. The summed E-state index contributed by atoms with van der Waals surface area (Å²) in [5.41, 5.74) is 0.749. The second-order valence-electron chi connectivity index (χ2n) is 10.3. The molecular formula is C29H37N3O5S. The van der Waals surface area contributed by atoms with Gasteiger partial charge in [-0.1, -0.05) is 44.1 Å². The van der Waals surface area contributed by atoms with Gasteiger partial charge in [-0.05, 0) is 37.6 Å². The highest BCUT2D eigenvalue weighted by Crippen LogP contribution is 2.61. The smallest absolute Gasteiger partial charge is 0.247 e. The van der Waals surface area contributed by atoms with E-state index in [1.54, 1.807) is 21.6 Å². The number of unbranched alkanes of at least 4 members (excludes halogenated alkanes) is 2. The van der Waals surface area contributed by atoms with Crippen LogP contribution in [0.4, 0.5) is 5.69 Å². The number of carbonyl (C=O) groups is 3. The lowest BCUT2D eigenvalue weighted by molar-refractivity contribution is -0.143. The van der Waals surface area contributed by atoms with Gasteiger partial charge < -0.3 is 24.5 Å². The highest BCUT2D eigenvalue weighted by Gasteiger charge is 2.70. The monoisotopic (exact) mass is 539 g/mol. The number of carbonyl (C=O) groups excluding carboxylic acids is 3. The summed E-state index contributed by atoms with van der Waals surface area (Å²) in [5.74, 6) is -0.951. The first-order valence-corrected chi connectivity index (χ1v) is 14.6. The third kappa shape index (κ3) is 4.43. The summed E-state index contributed by atoms with van der Waals surface area (Å²) in [6, 6.07) is 6.71. The molecule has 5 rings (SSSR count). The van der Waals surface area contributed by atoms with Crippen molar-refractivity contribution in [2.75, 3.05) is 44.3 Å². The van der Waals surface area contributed by atoms with E-state index in [4.69, 9.17) is 4.74 Å². The van der Waals surface area contributed by atoms with Crippen LogP contribution in [0.5, 0.6) is 5.75 Å². The van der Waals surface area contributed by atoms with Crippen molar-refractivity contribution in [3.63, 3.8) is 0 Å². The Balaban J connectivity index is 1.50. The molecule has 0 saturated carbocycles. The fraction of sp³-hybridized carbons (Fsp3) is 0.552. The molecule has 2 saturated heterocycles. The Morgan fingerprint density at radius 1 is 1.00 bits per heavy atom. The number of thioether (sulfide) groups is 1. The van der Waals surface area contributed by atoms with Gasteiger partial charge in [0.15, 0.2) is 0 Å². The van der Waals surface area contributed by atoms with Crippen LogP contribution in [-0.2, 0) is 14.4 Å². The van der Waals surface area contributed by atoms with Crippen molar-refractivity contribution < 1.29 is 24.2 Å². The molecule has 2 fully saturated rings. The SMILES string of the molecule is CCCCCN1CC=C[C@]23S[C@@H]4C=CCN(c5ccc(OCC)cc5)C(=O)[C@@H]4[C@H]2C(=O)N(CCO)C3C1=O. The first kappa shape index (κ1) is 26.8. The van der Waals surface area contributed by atoms with E-state index in [2.05, 4.69) is 6.92 Å². The number of nitrogens with zero attached hydrogens (tertiary/aromatic N) is 3. The Bertz CT molecular complexity index is 1120. The summed E-state index contributed by atoms with van der Waals surface area (Å²) < 4.78 is 4.71. The lowest BCUT2D eigenvalue weighted by atomic mass is 9.78. The maximum absolute atomic E-state index is 14.2. The Hall–Kier alpha value is -2.78. The number of likely N-dealkylation sites (tertiary alicyclic amines) is 1. The molecule has 0 aromatic heterocycles. The quantitative estimate of drug-likeness (QED) is 0.384. The van der Waals surface area contributed by atoms with Crippen molar-refractivity contribution in [1.29, 1.82) is 0 Å². The van der Waals surface area contributed by atoms with E-state index in [0.29, 0.717) is 26.2 Å². The highest BCUT2D eigenvalue weighted by atomic mass is 32.2. The molecule has 1 aromatic carbocycles. The molecule has 4 aliphatic rings. The van der Waals surface area contributed by atoms with Crippen LogP contribution in [0.3, 0.4) is 0 Å². The number of ether oxygens (including phenoxy) is 1. The molecule has 1 spiro atoms. The van der Waals surface area contributed by atoms with Crippen LogP contribution in [0.25, 0.3) is 0 Å². The van der Waals surface area contributed by atoms with E-state index >= 15 is 0 Å². The van der Waals surface area contributed by atoms with Crippen LogP contribution in [0.15, 0.2) is 48.6 Å². The first-order valence-electron chi connectivity index (χ1n) is 13.7. The Morgan fingerprint density at radius 3 is 2.50 bits per heavy atom. The summed E-state index contributed by atoms with van der Waals surface area (Å²) in [7, 11) is 0. The molecule has 0 aliphatic carbocycles. The molecule has 3 amide bonds. The number of hydrogen-bond donors (Lipinski definition) is 1. The number of hydrogen-bond acceptors (Lipinski definition) is 6. The van der Waals surface area contributed by atoms with E-state index in [-0.39, 0.29) is 36.1 Å². The number of benzene rings is 1. The highest BCUT2D eigenvalue weighted by molar-refractivity contribution is 8.02. The number of rotatable bonds is 9. The average molecular weight is 540 g/mol. The van der Waals surface area contributed by atoms with Gasteiger partial charge in [0, 0.05) is 37.1 Å². The van der Waals surface area contributed by atoms with Crippen molar-refractivity contribution >= 4 is 35.2 Å². The minimum absolute atomic E-state index is 0.0781. The lowest BCUT2D eigenvalue weighted by Gasteiger charge is -2.35. The minimum atomic E-state index is -0.847. The second kappa shape index (κ2) is 11.1.